The van der Waals surface area contributed by atoms with Crippen LogP contribution in [0.4, 0.5) is 0 Å². The van der Waals surface area contributed by atoms with Gasteiger partial charge >= 0.3 is 0 Å². The molecule has 8 nitrogen and oxygen atoms in total. The number of nitrogens with zero attached hydrogens (tertiary/aromatic N) is 3. The van der Waals surface area contributed by atoms with Crippen LogP contribution in [0.1, 0.15) is 58.9 Å². The molecule has 2 saturated heterocycles. The van der Waals surface area contributed by atoms with Crippen LogP contribution >= 0.6 is 0 Å². The number of carbonyl (C=O) groups is 2. The van der Waals surface area contributed by atoms with Crippen LogP contribution in [0.2, 0.25) is 0 Å². The van der Waals surface area contributed by atoms with Gasteiger partial charge in [-0.25, -0.2) is 0 Å². The molecule has 3 aromatic rings. The zero-order chi connectivity index (χ0) is 26.8. The topological polar surface area (TPSA) is 78.1 Å². The Morgan fingerprint density at radius 3 is 2.26 bits per heavy atom. The number of aromatic nitrogens is 1. The quantitative estimate of drug-likeness (QED) is 0.524. The summed E-state index contributed by atoms with van der Waals surface area (Å²) in [7, 11) is 3.16. The van der Waals surface area contributed by atoms with Gasteiger partial charge in [0, 0.05) is 79.5 Å². The number of nitrogens with one attached hydrogen (secondary N) is 1. The first kappa shape index (κ1) is 26.1. The van der Waals surface area contributed by atoms with Gasteiger partial charge in [-0.2, -0.15) is 0 Å². The third kappa shape index (κ3) is 5.10. The van der Waals surface area contributed by atoms with Crippen molar-refractivity contribution in [2.24, 2.45) is 0 Å². The summed E-state index contributed by atoms with van der Waals surface area (Å²) >= 11 is 0. The van der Waals surface area contributed by atoms with E-state index in [-0.39, 0.29) is 17.7 Å². The van der Waals surface area contributed by atoms with Gasteiger partial charge in [0.15, 0.2) is 11.5 Å². The number of ether oxygens (including phenoxy) is 2. The van der Waals surface area contributed by atoms with E-state index in [0.717, 1.165) is 62.0 Å². The van der Waals surface area contributed by atoms with Crippen molar-refractivity contribution in [1.82, 2.24) is 19.7 Å². The Bertz CT molecular complexity index is 1310. The van der Waals surface area contributed by atoms with Crippen LogP contribution in [-0.4, -0.2) is 91.0 Å². The summed E-state index contributed by atoms with van der Waals surface area (Å²) in [6.45, 7) is 9.14. The van der Waals surface area contributed by atoms with Crippen molar-refractivity contribution >= 4 is 22.7 Å². The van der Waals surface area contributed by atoms with E-state index < -0.39 is 0 Å². The summed E-state index contributed by atoms with van der Waals surface area (Å²) in [4.78, 5) is 36.3. The zero-order valence-corrected chi connectivity index (χ0v) is 22.8. The standard InChI is InChI=1S/C30H38N4O4/c1-20(2)32-12-14-33(15-13-32)29(35)21-7-9-24-25(18-31-26(24)16-21)23-6-5-11-34(19-23)30(36)22-8-10-27(37-3)28(17-22)38-4/h7-10,16-18,20,23,31H,5-6,11-15,19H2,1-4H3. The molecule has 8 heteroatoms. The number of benzene rings is 2. The molecule has 5 rings (SSSR count). The van der Waals surface area contributed by atoms with E-state index in [1.165, 1.54) is 5.56 Å². The van der Waals surface area contributed by atoms with Crippen LogP contribution in [-0.2, 0) is 0 Å². The first-order chi connectivity index (χ1) is 18.4. The number of H-pyrrole nitrogens is 1. The van der Waals surface area contributed by atoms with E-state index in [4.69, 9.17) is 9.47 Å². The van der Waals surface area contributed by atoms with Crippen LogP contribution < -0.4 is 9.47 Å². The largest absolute Gasteiger partial charge is 0.493 e. The molecule has 2 fully saturated rings. The van der Waals surface area contributed by atoms with Gasteiger partial charge in [0.05, 0.1) is 14.2 Å². The van der Waals surface area contributed by atoms with Crippen LogP contribution in [0.25, 0.3) is 10.9 Å². The number of rotatable bonds is 6. The minimum absolute atomic E-state index is 0.000871. The van der Waals surface area contributed by atoms with Crippen molar-refractivity contribution in [2.75, 3.05) is 53.5 Å². The maximum Gasteiger partial charge on any atom is 0.254 e. The van der Waals surface area contributed by atoms with Gasteiger partial charge in [-0.1, -0.05) is 6.07 Å². The van der Waals surface area contributed by atoms with Gasteiger partial charge in [0.1, 0.15) is 0 Å². The highest BCUT2D eigenvalue weighted by Gasteiger charge is 2.28. The minimum Gasteiger partial charge on any atom is -0.493 e. The molecule has 0 radical (unpaired) electrons. The highest BCUT2D eigenvalue weighted by molar-refractivity contribution is 5.99. The number of methoxy groups -OCH3 is 2. The van der Waals surface area contributed by atoms with Gasteiger partial charge in [-0.3, -0.25) is 14.5 Å². The van der Waals surface area contributed by atoms with Crippen LogP contribution in [0.3, 0.4) is 0 Å². The Morgan fingerprint density at radius 2 is 1.55 bits per heavy atom. The zero-order valence-electron chi connectivity index (χ0n) is 22.8. The summed E-state index contributed by atoms with van der Waals surface area (Å²) in [5, 5.41) is 1.12. The predicted octanol–water partition coefficient (Wildman–Crippen LogP) is 4.37. The molecule has 1 unspecified atom stereocenters. The second kappa shape index (κ2) is 11.1. The molecule has 0 bridgehead atoms. The van der Waals surface area contributed by atoms with Crippen molar-refractivity contribution in [1.29, 1.82) is 0 Å². The molecule has 0 saturated carbocycles. The summed E-state index contributed by atoms with van der Waals surface area (Å²) in [6, 6.07) is 11.8. The molecule has 1 atom stereocenters. The molecular weight excluding hydrogens is 480 g/mol. The van der Waals surface area contributed by atoms with Crippen LogP contribution in [0.5, 0.6) is 11.5 Å². The van der Waals surface area contributed by atoms with Gasteiger partial charge in [0.25, 0.3) is 11.8 Å². The number of carbonyl (C=O) groups excluding carboxylic acids is 2. The SMILES string of the molecule is COc1ccc(C(=O)N2CCCC(c3c[nH]c4cc(C(=O)N5CCN(C(C)C)CC5)ccc34)C2)cc1OC. The Hall–Kier alpha value is -3.52. The van der Waals surface area contributed by atoms with Gasteiger partial charge in [0.2, 0.25) is 0 Å². The Balaban J connectivity index is 1.29. The molecular formula is C30H38N4O4. The molecule has 2 aliphatic heterocycles. The van der Waals surface area contributed by atoms with Crippen LogP contribution in [0, 0.1) is 0 Å². The third-order valence-electron chi connectivity index (χ3n) is 8.07. The first-order valence-electron chi connectivity index (χ1n) is 13.5. The molecule has 2 aromatic carbocycles. The van der Waals surface area contributed by atoms with Gasteiger partial charge < -0.3 is 24.3 Å². The molecule has 3 heterocycles. The number of piperazine rings is 1. The van der Waals surface area contributed by atoms with E-state index in [1.54, 1.807) is 32.4 Å². The van der Waals surface area contributed by atoms with Gasteiger partial charge in [-0.05, 0) is 62.6 Å². The molecule has 38 heavy (non-hydrogen) atoms. The molecule has 1 N–H and O–H groups in total. The lowest BCUT2D eigenvalue weighted by Crippen LogP contribution is -2.50. The number of piperidine rings is 1. The number of aromatic amines is 1. The van der Waals surface area contributed by atoms with Crippen molar-refractivity contribution in [3.8, 4) is 11.5 Å². The lowest BCUT2D eigenvalue weighted by Gasteiger charge is -2.37. The third-order valence-corrected chi connectivity index (χ3v) is 8.07. The van der Waals surface area contributed by atoms with Crippen molar-refractivity contribution < 1.29 is 19.1 Å². The Labute approximate surface area is 224 Å². The summed E-state index contributed by atoms with van der Waals surface area (Å²) in [6.07, 6.45) is 4.01. The average molecular weight is 519 g/mol. The normalized spacial score (nSPS) is 18.7. The maximum absolute atomic E-state index is 13.4. The Morgan fingerprint density at radius 1 is 0.868 bits per heavy atom. The molecule has 1 aromatic heterocycles. The average Bonchev–Trinajstić information content (AvgIpc) is 3.39. The lowest BCUT2D eigenvalue weighted by atomic mass is 9.89. The van der Waals surface area contributed by atoms with E-state index in [1.807, 2.05) is 21.9 Å². The summed E-state index contributed by atoms with van der Waals surface area (Å²) < 4.78 is 10.7. The number of fused-ring (bicyclic) bond motifs is 1. The second-order valence-corrected chi connectivity index (χ2v) is 10.6. The fraction of sp³-hybridized carbons (Fsp3) is 0.467. The highest BCUT2D eigenvalue weighted by Crippen LogP contribution is 2.34. The molecule has 0 spiro atoms. The van der Waals surface area contributed by atoms with E-state index >= 15 is 0 Å². The number of hydrogen-bond acceptors (Lipinski definition) is 5. The molecule has 2 aliphatic rings. The minimum atomic E-state index is 0.000871. The summed E-state index contributed by atoms with van der Waals surface area (Å²) in [5.74, 6) is 1.48. The maximum atomic E-state index is 13.4. The molecule has 0 aliphatic carbocycles. The lowest BCUT2D eigenvalue weighted by molar-refractivity contribution is 0.0595. The fourth-order valence-corrected chi connectivity index (χ4v) is 5.81. The molecule has 2 amide bonds. The second-order valence-electron chi connectivity index (χ2n) is 10.6. The van der Waals surface area contributed by atoms with E-state index in [0.29, 0.717) is 29.6 Å². The van der Waals surface area contributed by atoms with E-state index in [9.17, 15) is 9.59 Å². The van der Waals surface area contributed by atoms with Crippen LogP contribution in [0.15, 0.2) is 42.6 Å². The van der Waals surface area contributed by atoms with Crippen molar-refractivity contribution in [3.05, 3.63) is 59.3 Å². The van der Waals surface area contributed by atoms with Gasteiger partial charge in [-0.15, -0.1) is 0 Å². The smallest absolute Gasteiger partial charge is 0.254 e. The number of hydrogen-bond donors (Lipinski definition) is 1. The predicted molar refractivity (Wildman–Crippen MR) is 148 cm³/mol. The number of amides is 2. The highest BCUT2D eigenvalue weighted by atomic mass is 16.5. The first-order valence-corrected chi connectivity index (χ1v) is 13.5. The fourth-order valence-electron chi connectivity index (χ4n) is 5.81. The van der Waals surface area contributed by atoms with E-state index in [2.05, 4.69) is 36.0 Å². The monoisotopic (exact) mass is 518 g/mol. The number of likely N-dealkylation sites (tertiary alicyclic amines) is 1. The van der Waals surface area contributed by atoms with Crippen molar-refractivity contribution in [2.45, 2.75) is 38.6 Å². The molecule has 202 valence electrons. The summed E-state index contributed by atoms with van der Waals surface area (Å²) in [5.41, 5.74) is 3.49. The Kier molecular flexibility index (Phi) is 7.61. The van der Waals surface area contributed by atoms with Crippen molar-refractivity contribution in [3.63, 3.8) is 0 Å².